The van der Waals surface area contributed by atoms with Gasteiger partial charge >= 0.3 is 0 Å². The zero-order valence-corrected chi connectivity index (χ0v) is 20.8. The summed E-state index contributed by atoms with van der Waals surface area (Å²) in [4.78, 5) is 0. The van der Waals surface area contributed by atoms with Gasteiger partial charge < -0.3 is 0 Å². The Labute approximate surface area is 187 Å². The molecule has 0 saturated heterocycles. The molecule has 0 aliphatic heterocycles. The minimum atomic E-state index is 1.08. The van der Waals surface area contributed by atoms with E-state index in [0.717, 1.165) is 12.8 Å². The highest BCUT2D eigenvalue weighted by Crippen LogP contribution is 2.27. The van der Waals surface area contributed by atoms with Crippen molar-refractivity contribution >= 4 is 5.57 Å². The molecule has 0 fully saturated rings. The molecule has 0 saturated carbocycles. The molecule has 2 aromatic rings. The smallest absolute Gasteiger partial charge is 0.0152 e. The van der Waals surface area contributed by atoms with Crippen LogP contribution in [0.15, 0.2) is 86.0 Å². The predicted molar refractivity (Wildman–Crippen MR) is 141 cm³/mol. The zero-order chi connectivity index (χ0) is 23.5. The Morgan fingerprint density at radius 1 is 0.867 bits per heavy atom. The van der Waals surface area contributed by atoms with Crippen molar-refractivity contribution in [3.05, 3.63) is 114 Å². The van der Waals surface area contributed by atoms with E-state index in [2.05, 4.69) is 116 Å². The van der Waals surface area contributed by atoms with E-state index in [-0.39, 0.29) is 0 Å². The summed E-state index contributed by atoms with van der Waals surface area (Å²) in [7, 11) is 0. The van der Waals surface area contributed by atoms with Gasteiger partial charge in [-0.05, 0) is 63.3 Å². The van der Waals surface area contributed by atoms with E-state index in [1.54, 1.807) is 0 Å². The second kappa shape index (κ2) is 18.4. The van der Waals surface area contributed by atoms with Crippen LogP contribution in [0.2, 0.25) is 0 Å². The average Bonchev–Trinajstić information content (AvgIpc) is 2.74. The number of hydrogen-bond acceptors (Lipinski definition) is 0. The van der Waals surface area contributed by atoms with Crippen molar-refractivity contribution < 1.29 is 0 Å². The van der Waals surface area contributed by atoms with Crippen molar-refractivity contribution in [2.45, 2.75) is 68.2 Å². The van der Waals surface area contributed by atoms with E-state index < -0.39 is 0 Å². The first-order chi connectivity index (χ1) is 14.4. The molecule has 0 atom stereocenters. The van der Waals surface area contributed by atoms with Crippen molar-refractivity contribution in [3.8, 4) is 0 Å². The lowest BCUT2D eigenvalue weighted by Gasteiger charge is -2.12. The molecule has 0 spiro atoms. The van der Waals surface area contributed by atoms with Gasteiger partial charge in [-0.3, -0.25) is 0 Å². The summed E-state index contributed by atoms with van der Waals surface area (Å²) in [6.07, 6.45) is 8.53. The van der Waals surface area contributed by atoms with E-state index in [1.807, 2.05) is 19.9 Å². The highest BCUT2D eigenvalue weighted by atomic mass is 14.1. The second-order valence-electron chi connectivity index (χ2n) is 6.87. The lowest BCUT2D eigenvalue weighted by atomic mass is 9.92. The first-order valence-corrected chi connectivity index (χ1v) is 11.0. The van der Waals surface area contributed by atoms with E-state index in [4.69, 9.17) is 0 Å². The van der Waals surface area contributed by atoms with Gasteiger partial charge in [0.05, 0.1) is 0 Å². The molecule has 0 unspecified atom stereocenters. The highest BCUT2D eigenvalue weighted by Gasteiger charge is 2.06. The molecule has 0 heteroatoms. The maximum absolute atomic E-state index is 3.96. The van der Waals surface area contributed by atoms with Gasteiger partial charge in [-0.15, -0.1) is 13.2 Å². The molecule has 0 bridgehead atoms. The maximum Gasteiger partial charge on any atom is -0.0152 e. The minimum Gasteiger partial charge on any atom is -0.106 e. The average molecular weight is 405 g/mol. The van der Waals surface area contributed by atoms with E-state index in [0.29, 0.717) is 0 Å². The predicted octanol–water partition coefficient (Wildman–Crippen LogP) is 9.75. The quantitative estimate of drug-likeness (QED) is 0.343. The molecule has 2 aromatic carbocycles. The van der Waals surface area contributed by atoms with Crippen molar-refractivity contribution in [3.63, 3.8) is 0 Å². The van der Waals surface area contributed by atoms with Crippen molar-refractivity contribution in [1.29, 1.82) is 0 Å². The van der Waals surface area contributed by atoms with Crippen LogP contribution < -0.4 is 0 Å². The van der Waals surface area contributed by atoms with Crippen LogP contribution in [0.5, 0.6) is 0 Å². The molecular weight excluding hydrogens is 360 g/mol. The highest BCUT2D eigenvalue weighted by molar-refractivity contribution is 5.80. The summed E-state index contributed by atoms with van der Waals surface area (Å²) < 4.78 is 0. The monoisotopic (exact) mass is 404 g/mol. The molecule has 0 heterocycles. The molecule has 0 amide bonds. The summed E-state index contributed by atoms with van der Waals surface area (Å²) in [5, 5.41) is 0. The number of rotatable bonds is 5. The molecule has 0 nitrogen and oxygen atoms in total. The SMILES string of the molecule is C=C.C=C/C(CCC)=C(\C=C/C)c1ccc(C)cc1C.CC.Cc1cccc(C)c1. The lowest BCUT2D eigenvalue weighted by molar-refractivity contribution is 0.929. The van der Waals surface area contributed by atoms with Crippen LogP contribution in [0.25, 0.3) is 5.57 Å². The van der Waals surface area contributed by atoms with Gasteiger partial charge in [0.2, 0.25) is 0 Å². The van der Waals surface area contributed by atoms with Crippen molar-refractivity contribution in [1.82, 2.24) is 0 Å². The Morgan fingerprint density at radius 2 is 1.40 bits per heavy atom. The third-order valence-corrected chi connectivity index (χ3v) is 4.29. The van der Waals surface area contributed by atoms with Crippen LogP contribution in [0.4, 0.5) is 0 Å². The summed E-state index contributed by atoms with van der Waals surface area (Å²) in [5.74, 6) is 0. The van der Waals surface area contributed by atoms with Crippen molar-refractivity contribution in [2.24, 2.45) is 0 Å². The molecular formula is C30H44. The fraction of sp³-hybridized carbons (Fsp3) is 0.333. The zero-order valence-electron chi connectivity index (χ0n) is 20.8. The Bertz CT molecular complexity index is 770. The molecule has 0 aliphatic rings. The van der Waals surface area contributed by atoms with Crippen LogP contribution in [0, 0.1) is 27.7 Å². The second-order valence-corrected chi connectivity index (χ2v) is 6.87. The van der Waals surface area contributed by atoms with Crippen LogP contribution in [0.3, 0.4) is 0 Å². The molecule has 0 N–H and O–H groups in total. The third-order valence-electron chi connectivity index (χ3n) is 4.29. The maximum atomic E-state index is 3.96. The van der Waals surface area contributed by atoms with Crippen LogP contribution >= 0.6 is 0 Å². The van der Waals surface area contributed by atoms with Crippen molar-refractivity contribution in [2.75, 3.05) is 0 Å². The van der Waals surface area contributed by atoms with Gasteiger partial charge in [-0.2, -0.15) is 0 Å². The topological polar surface area (TPSA) is 0 Å². The van der Waals surface area contributed by atoms with Gasteiger partial charge in [0.15, 0.2) is 0 Å². The third kappa shape index (κ3) is 11.4. The normalized spacial score (nSPS) is 10.4. The van der Waals surface area contributed by atoms with Gasteiger partial charge in [0.1, 0.15) is 0 Å². The fourth-order valence-corrected chi connectivity index (χ4v) is 3.08. The summed E-state index contributed by atoms with van der Waals surface area (Å²) in [5.41, 5.74) is 9.29. The first-order valence-electron chi connectivity index (χ1n) is 11.0. The molecule has 0 aliphatic carbocycles. The van der Waals surface area contributed by atoms with Crippen LogP contribution in [-0.2, 0) is 0 Å². The number of hydrogen-bond donors (Lipinski definition) is 0. The standard InChI is InChI=1S/C18H24.C8H10.C2H6.C2H4/c1-6-9-16(8-3)18(10-7-2)17-12-11-14(4)13-15(17)5;1-7-4-3-5-8(2)6-7;2*1-2/h7-8,10-13H,3,6,9H2,1-2,4-5H3;3-6H,1-2H3;1-2H3;1-2H2/b10-7-,18-16-;;;. The molecule has 30 heavy (non-hydrogen) atoms. The van der Waals surface area contributed by atoms with Gasteiger partial charge in [-0.1, -0.05) is 111 Å². The Kier molecular flexibility index (Phi) is 18.2. The molecule has 0 radical (unpaired) electrons. The summed E-state index contributed by atoms with van der Waals surface area (Å²) >= 11 is 0. The lowest BCUT2D eigenvalue weighted by Crippen LogP contribution is -1.92. The van der Waals surface area contributed by atoms with E-state index >= 15 is 0 Å². The van der Waals surface area contributed by atoms with Gasteiger partial charge in [0, 0.05) is 0 Å². The summed E-state index contributed by atoms with van der Waals surface area (Å²) in [6, 6.07) is 15.1. The minimum absolute atomic E-state index is 1.08. The first kappa shape index (κ1) is 29.6. The molecule has 2 rings (SSSR count). The Hall–Kier alpha value is -2.60. The number of allylic oxidation sites excluding steroid dienone is 5. The summed E-state index contributed by atoms with van der Waals surface area (Å²) in [6.45, 7) is 26.8. The van der Waals surface area contributed by atoms with Gasteiger partial charge in [-0.25, -0.2) is 0 Å². The van der Waals surface area contributed by atoms with Gasteiger partial charge in [0.25, 0.3) is 0 Å². The van der Waals surface area contributed by atoms with Crippen LogP contribution in [-0.4, -0.2) is 0 Å². The molecule has 164 valence electrons. The number of benzene rings is 2. The Morgan fingerprint density at radius 3 is 1.77 bits per heavy atom. The molecule has 0 aromatic heterocycles. The van der Waals surface area contributed by atoms with E-state index in [9.17, 15) is 0 Å². The fourth-order valence-electron chi connectivity index (χ4n) is 3.08. The van der Waals surface area contributed by atoms with Crippen LogP contribution in [0.1, 0.15) is 68.4 Å². The number of aryl methyl sites for hydroxylation is 4. The van der Waals surface area contributed by atoms with E-state index in [1.165, 1.54) is 39.0 Å². The Balaban J connectivity index is 0. The largest absolute Gasteiger partial charge is 0.106 e.